The van der Waals surface area contributed by atoms with E-state index in [4.69, 9.17) is 5.73 Å². The molecule has 22 heavy (non-hydrogen) atoms. The molecule has 2 N–H and O–H groups in total. The van der Waals surface area contributed by atoms with Crippen LogP contribution >= 0.6 is 12.4 Å². The molecule has 126 valence electrons. The van der Waals surface area contributed by atoms with E-state index in [0.29, 0.717) is 24.5 Å². The van der Waals surface area contributed by atoms with Gasteiger partial charge in [-0.05, 0) is 75.3 Å². The van der Waals surface area contributed by atoms with Crippen molar-refractivity contribution in [2.75, 3.05) is 19.6 Å². The Hall–Kier alpha value is -0.620. The van der Waals surface area contributed by atoms with Crippen LogP contribution in [0.4, 0.5) is 0 Å². The van der Waals surface area contributed by atoms with Gasteiger partial charge in [-0.1, -0.05) is 6.07 Å². The maximum absolute atomic E-state index is 13.1. The number of aryl methyl sites for hydroxylation is 2. The summed E-state index contributed by atoms with van der Waals surface area (Å²) in [5.41, 5.74) is 9.53. The number of nitrogens with zero attached hydrogens (tertiary/aromatic N) is 1. The molecule has 0 saturated carbocycles. The van der Waals surface area contributed by atoms with E-state index in [1.165, 1.54) is 0 Å². The third-order valence-electron chi connectivity index (χ3n) is 4.71. The summed E-state index contributed by atoms with van der Waals surface area (Å²) >= 11 is 0. The van der Waals surface area contributed by atoms with Crippen LogP contribution in [-0.2, 0) is 10.0 Å². The molecule has 6 heteroatoms. The Balaban J connectivity index is 0.00000242. The van der Waals surface area contributed by atoms with E-state index in [2.05, 4.69) is 6.07 Å². The van der Waals surface area contributed by atoms with Crippen molar-refractivity contribution in [3.8, 4) is 0 Å². The second-order valence-corrected chi connectivity index (χ2v) is 8.07. The van der Waals surface area contributed by atoms with E-state index in [1.807, 2.05) is 27.7 Å². The van der Waals surface area contributed by atoms with Crippen molar-refractivity contribution in [2.24, 2.45) is 11.7 Å². The van der Waals surface area contributed by atoms with E-state index in [-0.39, 0.29) is 18.3 Å². The van der Waals surface area contributed by atoms with Gasteiger partial charge in [0, 0.05) is 13.1 Å². The highest BCUT2D eigenvalue weighted by Crippen LogP contribution is 2.30. The lowest BCUT2D eigenvalue weighted by Crippen LogP contribution is -2.42. The number of sulfonamides is 1. The van der Waals surface area contributed by atoms with Crippen LogP contribution < -0.4 is 5.73 Å². The molecule has 0 radical (unpaired) electrons. The van der Waals surface area contributed by atoms with Crippen molar-refractivity contribution in [3.05, 3.63) is 28.3 Å². The summed E-state index contributed by atoms with van der Waals surface area (Å²) < 4.78 is 27.8. The summed E-state index contributed by atoms with van der Waals surface area (Å²) in [6, 6.07) is 2.06. The Bertz CT molecular complexity index is 618. The fraction of sp³-hybridized carbons (Fsp3) is 0.625. The summed E-state index contributed by atoms with van der Waals surface area (Å²) in [7, 11) is -3.43. The average Bonchev–Trinajstić information content (AvgIpc) is 2.45. The molecule has 2 rings (SSSR count). The number of nitrogens with two attached hydrogens (primary N) is 1. The minimum absolute atomic E-state index is 0. The molecule has 1 saturated heterocycles. The van der Waals surface area contributed by atoms with Crippen LogP contribution in [0.5, 0.6) is 0 Å². The zero-order valence-corrected chi connectivity index (χ0v) is 15.5. The first-order chi connectivity index (χ1) is 9.78. The van der Waals surface area contributed by atoms with E-state index in [0.717, 1.165) is 35.1 Å². The van der Waals surface area contributed by atoms with E-state index in [9.17, 15) is 8.42 Å². The normalized spacial score (nSPS) is 19.8. The molecule has 1 aromatic rings. The molecule has 1 aromatic carbocycles. The van der Waals surface area contributed by atoms with Crippen molar-refractivity contribution in [3.63, 3.8) is 0 Å². The average molecular weight is 347 g/mol. The molecule has 1 unspecified atom stereocenters. The van der Waals surface area contributed by atoms with Crippen molar-refractivity contribution in [2.45, 2.75) is 45.4 Å². The predicted octanol–water partition coefficient (Wildman–Crippen LogP) is 2.70. The summed E-state index contributed by atoms with van der Waals surface area (Å²) in [6.45, 7) is 9.45. The number of piperidine rings is 1. The summed E-state index contributed by atoms with van der Waals surface area (Å²) in [4.78, 5) is 0.498. The molecule has 1 atom stereocenters. The topological polar surface area (TPSA) is 63.4 Å². The van der Waals surface area contributed by atoms with Gasteiger partial charge in [0.1, 0.15) is 0 Å². The monoisotopic (exact) mass is 346 g/mol. The van der Waals surface area contributed by atoms with Gasteiger partial charge < -0.3 is 5.73 Å². The van der Waals surface area contributed by atoms with Gasteiger partial charge in [-0.2, -0.15) is 4.31 Å². The highest BCUT2D eigenvalue weighted by atomic mass is 35.5. The van der Waals surface area contributed by atoms with Crippen LogP contribution in [0.3, 0.4) is 0 Å². The van der Waals surface area contributed by atoms with Crippen LogP contribution in [-0.4, -0.2) is 32.4 Å². The molecule has 1 aliphatic heterocycles. The maximum atomic E-state index is 13.1. The smallest absolute Gasteiger partial charge is 0.243 e. The van der Waals surface area contributed by atoms with Crippen LogP contribution in [0.15, 0.2) is 11.0 Å². The van der Waals surface area contributed by atoms with Crippen molar-refractivity contribution >= 4 is 22.4 Å². The van der Waals surface area contributed by atoms with Gasteiger partial charge in [0.15, 0.2) is 0 Å². The summed E-state index contributed by atoms with van der Waals surface area (Å²) in [6.07, 6.45) is 1.91. The van der Waals surface area contributed by atoms with Gasteiger partial charge in [-0.25, -0.2) is 8.42 Å². The highest BCUT2D eigenvalue weighted by molar-refractivity contribution is 7.89. The van der Waals surface area contributed by atoms with Crippen LogP contribution in [0.1, 0.15) is 35.1 Å². The van der Waals surface area contributed by atoms with Gasteiger partial charge in [0.2, 0.25) is 10.0 Å². The molecule has 1 aliphatic rings. The molecule has 0 amide bonds. The number of hydrogen-bond acceptors (Lipinski definition) is 3. The largest absolute Gasteiger partial charge is 0.330 e. The molecule has 0 bridgehead atoms. The van der Waals surface area contributed by atoms with E-state index in [1.54, 1.807) is 4.31 Å². The summed E-state index contributed by atoms with van der Waals surface area (Å²) in [5, 5.41) is 0. The maximum Gasteiger partial charge on any atom is 0.243 e. The van der Waals surface area contributed by atoms with Crippen LogP contribution in [0, 0.1) is 33.6 Å². The third kappa shape index (κ3) is 3.48. The molecular weight excluding hydrogens is 320 g/mol. The number of benzene rings is 1. The SMILES string of the molecule is Cc1cc(C)c(C)c(S(=O)(=O)N2CCCC(CN)C2)c1C.Cl. The predicted molar refractivity (Wildman–Crippen MR) is 93.2 cm³/mol. The Morgan fingerprint density at radius 1 is 1.18 bits per heavy atom. The van der Waals surface area contributed by atoms with Crippen molar-refractivity contribution < 1.29 is 8.42 Å². The number of hydrogen-bond donors (Lipinski definition) is 1. The standard InChI is InChI=1S/C16H26N2O2S.ClH/c1-11-8-12(2)14(4)16(13(11)3)21(19,20)18-7-5-6-15(9-17)10-18;/h8,15H,5-7,9-10,17H2,1-4H3;1H. The van der Waals surface area contributed by atoms with Gasteiger partial charge in [0.25, 0.3) is 0 Å². The Morgan fingerprint density at radius 3 is 2.23 bits per heavy atom. The van der Waals surface area contributed by atoms with Crippen LogP contribution in [0.25, 0.3) is 0 Å². The highest BCUT2D eigenvalue weighted by Gasteiger charge is 2.32. The second kappa shape index (κ2) is 7.30. The first-order valence-corrected chi connectivity index (χ1v) is 9.00. The fourth-order valence-electron chi connectivity index (χ4n) is 3.13. The second-order valence-electron chi connectivity index (χ2n) is 6.20. The Morgan fingerprint density at radius 2 is 1.73 bits per heavy atom. The molecule has 0 aromatic heterocycles. The lowest BCUT2D eigenvalue weighted by atomic mass is 10.0. The zero-order valence-electron chi connectivity index (χ0n) is 13.8. The molecule has 1 heterocycles. The minimum atomic E-state index is -3.43. The Kier molecular flexibility index (Phi) is 6.45. The Labute approximate surface area is 140 Å². The van der Waals surface area contributed by atoms with Crippen molar-refractivity contribution in [1.29, 1.82) is 0 Å². The molecule has 1 fully saturated rings. The first-order valence-electron chi connectivity index (χ1n) is 7.56. The lowest BCUT2D eigenvalue weighted by molar-refractivity contribution is 0.271. The molecule has 0 aliphatic carbocycles. The van der Waals surface area contributed by atoms with Crippen molar-refractivity contribution in [1.82, 2.24) is 4.31 Å². The van der Waals surface area contributed by atoms with E-state index >= 15 is 0 Å². The number of rotatable bonds is 3. The fourth-order valence-corrected chi connectivity index (χ4v) is 5.26. The van der Waals surface area contributed by atoms with Gasteiger partial charge >= 0.3 is 0 Å². The van der Waals surface area contributed by atoms with Crippen LogP contribution in [0.2, 0.25) is 0 Å². The van der Waals surface area contributed by atoms with Gasteiger partial charge in [-0.15, -0.1) is 12.4 Å². The molecule has 0 spiro atoms. The van der Waals surface area contributed by atoms with Gasteiger partial charge in [0.05, 0.1) is 4.90 Å². The van der Waals surface area contributed by atoms with E-state index < -0.39 is 10.0 Å². The third-order valence-corrected chi connectivity index (χ3v) is 6.85. The molecular formula is C16H27ClN2O2S. The molecule has 4 nitrogen and oxygen atoms in total. The zero-order chi connectivity index (χ0) is 15.8. The summed E-state index contributed by atoms with van der Waals surface area (Å²) in [5.74, 6) is 0.278. The first kappa shape index (κ1) is 19.4. The number of halogens is 1. The van der Waals surface area contributed by atoms with Gasteiger partial charge in [-0.3, -0.25) is 0 Å². The minimum Gasteiger partial charge on any atom is -0.330 e. The quantitative estimate of drug-likeness (QED) is 0.915. The lowest BCUT2D eigenvalue weighted by Gasteiger charge is -2.32.